The van der Waals surface area contributed by atoms with E-state index in [0.717, 1.165) is 91.5 Å². The van der Waals surface area contributed by atoms with E-state index in [-0.39, 0.29) is 0 Å². The molecule has 9 heterocycles. The van der Waals surface area contributed by atoms with Crippen LogP contribution in [0.2, 0.25) is 5.02 Å². The first kappa shape index (κ1) is 51.3. The molecule has 0 spiro atoms. The zero-order valence-corrected chi connectivity index (χ0v) is 44.7. The molecule has 3 aromatic carbocycles. The zero-order valence-electron chi connectivity index (χ0n) is 43.9. The maximum absolute atomic E-state index is 11.2. The van der Waals surface area contributed by atoms with Crippen LogP contribution in [0.15, 0.2) is 122 Å². The fourth-order valence-corrected chi connectivity index (χ4v) is 11.6. The fourth-order valence-electron chi connectivity index (χ4n) is 11.4. The average molecular weight is 1010 g/mol. The zero-order chi connectivity index (χ0) is 51.8. The largest absolute Gasteiger partial charge is 0.386 e. The van der Waals surface area contributed by atoms with E-state index >= 15 is 0 Å². The number of aryl methyl sites for hydroxylation is 3. The van der Waals surface area contributed by atoms with Gasteiger partial charge in [-0.15, -0.1) is 0 Å². The summed E-state index contributed by atoms with van der Waals surface area (Å²) in [5, 5.41) is 37.2. The summed E-state index contributed by atoms with van der Waals surface area (Å²) >= 11 is 6.23. The molecule has 384 valence electrons. The Labute approximate surface area is 440 Å². The smallest absolute Gasteiger partial charge is 0.106 e. The molecule has 74 heavy (non-hydrogen) atoms. The Hall–Kier alpha value is -6.22. The summed E-state index contributed by atoms with van der Waals surface area (Å²) in [6.07, 6.45) is 10.6. The van der Waals surface area contributed by atoms with E-state index in [1.54, 1.807) is 31.0 Å². The number of benzene rings is 3. The van der Waals surface area contributed by atoms with E-state index in [1.807, 2.05) is 62.4 Å². The van der Waals surface area contributed by atoms with E-state index < -0.39 is 17.8 Å². The van der Waals surface area contributed by atoms with Gasteiger partial charge in [-0.3, -0.25) is 15.0 Å². The SMILES string of the molecule is CN1CCc2c(c3cc(Cl)ccc3n2CC(O)c2cccnc2)C1.Cc1ccc2c(c1)c1c(n2CC(C)(O)c2ccc(C)nc2)CCN(C)C1.Cc1ccc2c(c1)c1c(n2CC(O)c2cccnc2)CCN(C)C1. The molecule has 3 unspecified atom stereocenters. The van der Waals surface area contributed by atoms with Crippen LogP contribution in [0.3, 0.4) is 0 Å². The van der Waals surface area contributed by atoms with E-state index in [9.17, 15) is 15.3 Å². The molecule has 0 saturated carbocycles. The summed E-state index contributed by atoms with van der Waals surface area (Å²) in [6.45, 7) is 15.8. The summed E-state index contributed by atoms with van der Waals surface area (Å²) in [7, 11) is 6.49. The molecule has 6 aromatic heterocycles. The number of hydrogen-bond donors (Lipinski definition) is 3. The van der Waals surface area contributed by atoms with Crippen molar-refractivity contribution < 1.29 is 15.3 Å². The predicted molar refractivity (Wildman–Crippen MR) is 297 cm³/mol. The molecule has 0 radical (unpaired) electrons. The van der Waals surface area contributed by atoms with Gasteiger partial charge in [0.05, 0.1) is 31.8 Å². The monoisotopic (exact) mass is 1010 g/mol. The van der Waals surface area contributed by atoms with Crippen molar-refractivity contribution in [2.75, 3.05) is 40.8 Å². The summed E-state index contributed by atoms with van der Waals surface area (Å²) < 4.78 is 6.90. The molecule has 0 aliphatic carbocycles. The number of aliphatic hydroxyl groups excluding tert-OH is 2. The number of pyridine rings is 3. The minimum atomic E-state index is -0.964. The standard InChI is InChI=1S/C22H27N3O.C20H23N3O.C19H20ClN3O/c1-15-5-8-20-18(11-15)19-13-24(4)10-9-21(19)25(20)14-22(3,26)17-7-6-16(2)23-12-17;1-14-5-6-18-16(10-14)17-12-22(2)9-7-19(17)23(18)13-20(24)15-4-3-8-21-11-15;1-22-8-6-18-16(11-22)15-9-14(20)4-5-17(15)23(18)12-19(24)13-3-2-7-21-10-13/h5-8,11-12,26H,9-10,13-14H2,1-4H3;3-6,8,10-11,20,24H,7,9,12-13H2,1-2H3;2-5,7,9-10,19,24H,6,8,11-12H2,1H3. The second kappa shape index (κ2) is 21.6. The van der Waals surface area contributed by atoms with Crippen LogP contribution < -0.4 is 0 Å². The fraction of sp³-hybridized carbons (Fsp3) is 0.361. The van der Waals surface area contributed by atoms with Crippen LogP contribution in [-0.4, -0.2) is 99.4 Å². The number of aliphatic hydroxyl groups is 3. The first-order valence-corrected chi connectivity index (χ1v) is 26.4. The maximum Gasteiger partial charge on any atom is 0.106 e. The number of fused-ring (bicyclic) bond motifs is 9. The van der Waals surface area contributed by atoms with E-state index in [4.69, 9.17) is 11.6 Å². The van der Waals surface area contributed by atoms with Crippen molar-refractivity contribution in [1.29, 1.82) is 0 Å². The van der Waals surface area contributed by atoms with Gasteiger partial charge in [0.15, 0.2) is 0 Å². The van der Waals surface area contributed by atoms with E-state index in [1.165, 1.54) is 72.1 Å². The first-order chi connectivity index (χ1) is 35.6. The second-order valence-corrected chi connectivity index (χ2v) is 21.8. The lowest BCUT2D eigenvalue weighted by atomic mass is 9.97. The highest BCUT2D eigenvalue weighted by Crippen LogP contribution is 2.37. The van der Waals surface area contributed by atoms with Crippen molar-refractivity contribution in [2.24, 2.45) is 0 Å². The quantitative estimate of drug-likeness (QED) is 0.130. The van der Waals surface area contributed by atoms with Gasteiger partial charge in [-0.1, -0.05) is 53.1 Å². The van der Waals surface area contributed by atoms with Crippen molar-refractivity contribution in [2.45, 2.75) is 104 Å². The first-order valence-electron chi connectivity index (χ1n) is 26.0. The summed E-state index contributed by atoms with van der Waals surface area (Å²) in [5.74, 6) is 0. The van der Waals surface area contributed by atoms with Crippen molar-refractivity contribution in [3.8, 4) is 0 Å². The number of likely N-dealkylation sites (N-methyl/N-ethyl adjacent to an activating group) is 3. The highest BCUT2D eigenvalue weighted by Gasteiger charge is 2.30. The molecule has 3 atom stereocenters. The van der Waals surface area contributed by atoms with E-state index in [0.29, 0.717) is 19.6 Å². The molecule has 0 fully saturated rings. The minimum Gasteiger partial charge on any atom is -0.386 e. The molecular formula is C61H70ClN9O3. The molecule has 3 aliphatic heterocycles. The van der Waals surface area contributed by atoms with Gasteiger partial charge < -0.3 is 43.7 Å². The Morgan fingerprint density at radius 3 is 1.46 bits per heavy atom. The number of hydrogen-bond acceptors (Lipinski definition) is 9. The summed E-state index contributed by atoms with van der Waals surface area (Å²) in [4.78, 5) is 19.7. The molecule has 3 N–H and O–H groups in total. The third-order valence-corrected chi connectivity index (χ3v) is 15.7. The van der Waals surface area contributed by atoms with Gasteiger partial charge in [0.2, 0.25) is 0 Å². The lowest BCUT2D eigenvalue weighted by molar-refractivity contribution is 0.0381. The molecule has 0 amide bonds. The number of nitrogens with zero attached hydrogens (tertiary/aromatic N) is 9. The van der Waals surface area contributed by atoms with Crippen LogP contribution in [0, 0.1) is 20.8 Å². The van der Waals surface area contributed by atoms with Gasteiger partial charge in [0.1, 0.15) is 5.60 Å². The number of rotatable bonds is 9. The molecule has 0 bridgehead atoms. The molecule has 9 aromatic rings. The second-order valence-electron chi connectivity index (χ2n) is 21.3. The van der Waals surface area contributed by atoms with Gasteiger partial charge in [-0.05, 0) is 126 Å². The van der Waals surface area contributed by atoms with Crippen molar-refractivity contribution in [3.05, 3.63) is 194 Å². The molecule has 12 nitrogen and oxygen atoms in total. The molecular weight excluding hydrogens is 942 g/mol. The highest BCUT2D eigenvalue weighted by atomic mass is 35.5. The van der Waals surface area contributed by atoms with Gasteiger partial charge in [-0.2, -0.15) is 0 Å². The van der Waals surface area contributed by atoms with Crippen molar-refractivity contribution in [1.82, 2.24) is 43.4 Å². The Bertz CT molecular complexity index is 3270. The van der Waals surface area contributed by atoms with Crippen LogP contribution in [0.25, 0.3) is 32.7 Å². The highest BCUT2D eigenvalue weighted by molar-refractivity contribution is 6.31. The normalized spacial score (nSPS) is 16.6. The van der Waals surface area contributed by atoms with E-state index in [2.05, 4.69) is 121 Å². The van der Waals surface area contributed by atoms with Crippen molar-refractivity contribution >= 4 is 44.3 Å². The van der Waals surface area contributed by atoms with Crippen LogP contribution >= 0.6 is 11.6 Å². The predicted octanol–water partition coefficient (Wildman–Crippen LogP) is 10.0. The Kier molecular flexibility index (Phi) is 14.9. The van der Waals surface area contributed by atoms with Crippen LogP contribution in [-0.2, 0) is 64.1 Å². The molecule has 12 rings (SSSR count). The van der Waals surface area contributed by atoms with Crippen molar-refractivity contribution in [3.63, 3.8) is 0 Å². The summed E-state index contributed by atoms with van der Waals surface area (Å²) in [5.41, 5.74) is 16.9. The maximum atomic E-state index is 11.2. The molecule has 13 heteroatoms. The Morgan fingerprint density at radius 2 is 1.01 bits per heavy atom. The van der Waals surface area contributed by atoms with Gasteiger partial charge in [0, 0.05) is 167 Å². The number of aromatic nitrogens is 6. The average Bonchev–Trinajstić information content (AvgIpc) is 3.97. The van der Waals surface area contributed by atoms with Gasteiger partial charge in [0.25, 0.3) is 0 Å². The lowest BCUT2D eigenvalue weighted by Gasteiger charge is -2.28. The van der Waals surface area contributed by atoms with Crippen LogP contribution in [0.5, 0.6) is 0 Å². The minimum absolute atomic E-state index is 0.531. The van der Waals surface area contributed by atoms with Gasteiger partial charge >= 0.3 is 0 Å². The Balaban J connectivity index is 0.000000127. The van der Waals surface area contributed by atoms with Crippen LogP contribution in [0.1, 0.15) is 86.4 Å². The van der Waals surface area contributed by atoms with Gasteiger partial charge in [-0.25, -0.2) is 0 Å². The third-order valence-electron chi connectivity index (χ3n) is 15.5. The lowest BCUT2D eigenvalue weighted by Crippen LogP contribution is -2.31. The Morgan fingerprint density at radius 1 is 0.568 bits per heavy atom. The third kappa shape index (κ3) is 10.7. The topological polar surface area (TPSA) is 124 Å². The van der Waals surface area contributed by atoms with Crippen LogP contribution in [0.4, 0.5) is 0 Å². The number of halogens is 1. The molecule has 3 aliphatic rings. The molecule has 0 saturated heterocycles. The summed E-state index contributed by atoms with van der Waals surface area (Å²) in [6, 6.07) is 30.8.